The lowest BCUT2D eigenvalue weighted by Gasteiger charge is -2.26. The van der Waals surface area contributed by atoms with Crippen LogP contribution in [0.1, 0.15) is 44.2 Å². The summed E-state index contributed by atoms with van der Waals surface area (Å²) in [6.07, 6.45) is 4.18. The molecule has 0 spiro atoms. The van der Waals surface area contributed by atoms with Gasteiger partial charge < -0.3 is 0 Å². The molecule has 90 valence electrons. The van der Waals surface area contributed by atoms with Gasteiger partial charge in [0.05, 0.1) is 0 Å². The van der Waals surface area contributed by atoms with Gasteiger partial charge in [0.1, 0.15) is 0 Å². The van der Waals surface area contributed by atoms with E-state index in [2.05, 4.69) is 36.1 Å². The van der Waals surface area contributed by atoms with E-state index < -0.39 is 0 Å². The van der Waals surface area contributed by atoms with Gasteiger partial charge in [0.15, 0.2) is 0 Å². The summed E-state index contributed by atoms with van der Waals surface area (Å²) >= 11 is 0. The molecule has 1 aromatic carbocycles. The Kier molecular flexibility index (Phi) is 6.17. The maximum atomic E-state index is 2.57. The summed E-state index contributed by atoms with van der Waals surface area (Å²) in [6, 6.07) is 8.87. The molecule has 1 aliphatic rings. The van der Waals surface area contributed by atoms with Crippen LogP contribution >= 0.6 is 0 Å². The number of hydrogen-bond donors (Lipinski definition) is 0. The maximum absolute atomic E-state index is 2.57. The summed E-state index contributed by atoms with van der Waals surface area (Å²) in [5.74, 6) is 0. The molecule has 1 aliphatic heterocycles. The monoisotopic (exact) mass is 219 g/mol. The molecule has 0 atom stereocenters. The van der Waals surface area contributed by atoms with Crippen LogP contribution in [0.15, 0.2) is 24.3 Å². The lowest BCUT2D eigenvalue weighted by Crippen LogP contribution is -2.29. The predicted octanol–water partition coefficient (Wildman–Crippen LogP) is 4.01. The second-order valence-corrected chi connectivity index (χ2v) is 4.33. The number of aryl methyl sites for hydroxylation is 1. The minimum absolute atomic E-state index is 1.14. The van der Waals surface area contributed by atoms with E-state index in [1.165, 1.54) is 43.5 Å². The summed E-state index contributed by atoms with van der Waals surface area (Å²) < 4.78 is 0. The quantitative estimate of drug-likeness (QED) is 0.726. The van der Waals surface area contributed by atoms with Gasteiger partial charge in [-0.05, 0) is 38.4 Å². The van der Waals surface area contributed by atoms with Crippen LogP contribution in [0, 0.1) is 6.92 Å². The van der Waals surface area contributed by atoms with E-state index in [-0.39, 0.29) is 0 Å². The van der Waals surface area contributed by atoms with Gasteiger partial charge in [-0.25, -0.2) is 0 Å². The van der Waals surface area contributed by atoms with E-state index in [0.29, 0.717) is 0 Å². The van der Waals surface area contributed by atoms with Gasteiger partial charge in [-0.1, -0.05) is 50.1 Å². The van der Waals surface area contributed by atoms with Crippen LogP contribution in [-0.4, -0.2) is 18.0 Å². The number of hydrogen-bond acceptors (Lipinski definition) is 1. The molecule has 1 aromatic rings. The third-order valence-electron chi connectivity index (χ3n) is 2.94. The average molecular weight is 219 g/mol. The molecule has 1 saturated heterocycles. The Balaban J connectivity index is 0.000000606. The lowest BCUT2D eigenvalue weighted by molar-refractivity contribution is 0.221. The Morgan fingerprint density at radius 1 is 1.06 bits per heavy atom. The van der Waals surface area contributed by atoms with Crippen LogP contribution in [-0.2, 0) is 6.54 Å². The van der Waals surface area contributed by atoms with Gasteiger partial charge in [-0.2, -0.15) is 0 Å². The number of likely N-dealkylation sites (tertiary alicyclic amines) is 1. The van der Waals surface area contributed by atoms with Crippen LogP contribution in [0.3, 0.4) is 0 Å². The van der Waals surface area contributed by atoms with Crippen LogP contribution in [0.5, 0.6) is 0 Å². The molecule has 1 nitrogen and oxygen atoms in total. The highest BCUT2D eigenvalue weighted by Gasteiger charge is 2.09. The first-order valence-corrected chi connectivity index (χ1v) is 6.62. The first kappa shape index (κ1) is 13.2. The number of nitrogens with zero attached hydrogens (tertiary/aromatic N) is 1. The van der Waals surface area contributed by atoms with Crippen molar-refractivity contribution in [2.75, 3.05) is 13.1 Å². The Hall–Kier alpha value is -0.820. The molecular weight excluding hydrogens is 194 g/mol. The van der Waals surface area contributed by atoms with Crippen molar-refractivity contribution in [3.05, 3.63) is 35.4 Å². The van der Waals surface area contributed by atoms with E-state index >= 15 is 0 Å². The maximum Gasteiger partial charge on any atom is 0.0233 e. The predicted molar refractivity (Wildman–Crippen MR) is 71.7 cm³/mol. The van der Waals surface area contributed by atoms with E-state index in [9.17, 15) is 0 Å². The largest absolute Gasteiger partial charge is 0.299 e. The molecule has 0 aromatic heterocycles. The highest BCUT2D eigenvalue weighted by molar-refractivity contribution is 5.22. The summed E-state index contributed by atoms with van der Waals surface area (Å²) in [5, 5.41) is 0. The molecule has 0 saturated carbocycles. The van der Waals surface area contributed by atoms with Crippen molar-refractivity contribution < 1.29 is 0 Å². The van der Waals surface area contributed by atoms with Crippen molar-refractivity contribution in [1.82, 2.24) is 4.90 Å². The standard InChI is InChI=1S/C13H19N.C2H6/c1-12-6-5-7-13(10-12)11-14-8-3-2-4-9-14;1-2/h5-7,10H,2-4,8-9,11H2,1H3;1-2H3. The molecule has 0 aliphatic carbocycles. The van der Waals surface area contributed by atoms with Crippen molar-refractivity contribution in [2.24, 2.45) is 0 Å². The average Bonchev–Trinajstić information content (AvgIpc) is 2.33. The van der Waals surface area contributed by atoms with E-state index in [1.54, 1.807) is 0 Å². The van der Waals surface area contributed by atoms with E-state index in [4.69, 9.17) is 0 Å². The second kappa shape index (κ2) is 7.45. The molecule has 16 heavy (non-hydrogen) atoms. The third-order valence-corrected chi connectivity index (χ3v) is 2.94. The minimum Gasteiger partial charge on any atom is -0.299 e. The molecule has 1 fully saturated rings. The summed E-state index contributed by atoms with van der Waals surface area (Å²) in [5.41, 5.74) is 2.84. The van der Waals surface area contributed by atoms with Crippen LogP contribution < -0.4 is 0 Å². The van der Waals surface area contributed by atoms with E-state index in [0.717, 1.165) is 6.54 Å². The van der Waals surface area contributed by atoms with Gasteiger partial charge in [-0.15, -0.1) is 0 Å². The van der Waals surface area contributed by atoms with Gasteiger partial charge in [0.2, 0.25) is 0 Å². The lowest BCUT2D eigenvalue weighted by atomic mass is 10.1. The molecule has 0 bridgehead atoms. The molecular formula is C15H25N. The van der Waals surface area contributed by atoms with Gasteiger partial charge in [0, 0.05) is 6.54 Å². The molecule has 2 rings (SSSR count). The highest BCUT2D eigenvalue weighted by Crippen LogP contribution is 2.13. The van der Waals surface area contributed by atoms with Crippen molar-refractivity contribution in [3.8, 4) is 0 Å². The normalized spacial score (nSPS) is 16.4. The fourth-order valence-corrected chi connectivity index (χ4v) is 2.19. The van der Waals surface area contributed by atoms with Crippen LogP contribution in [0.2, 0.25) is 0 Å². The first-order chi connectivity index (χ1) is 7.84. The first-order valence-electron chi connectivity index (χ1n) is 6.62. The van der Waals surface area contributed by atoms with Crippen molar-refractivity contribution in [1.29, 1.82) is 0 Å². The highest BCUT2D eigenvalue weighted by atomic mass is 15.1. The zero-order valence-electron chi connectivity index (χ0n) is 11.0. The zero-order chi connectivity index (χ0) is 11.8. The fourth-order valence-electron chi connectivity index (χ4n) is 2.19. The molecule has 0 radical (unpaired) electrons. The van der Waals surface area contributed by atoms with Crippen molar-refractivity contribution in [3.63, 3.8) is 0 Å². The Morgan fingerprint density at radius 2 is 1.75 bits per heavy atom. The van der Waals surface area contributed by atoms with Gasteiger partial charge >= 0.3 is 0 Å². The number of rotatable bonds is 2. The van der Waals surface area contributed by atoms with Crippen LogP contribution in [0.25, 0.3) is 0 Å². The topological polar surface area (TPSA) is 3.24 Å². The molecule has 1 heterocycles. The van der Waals surface area contributed by atoms with Gasteiger partial charge in [-0.3, -0.25) is 4.90 Å². The van der Waals surface area contributed by atoms with Crippen molar-refractivity contribution >= 4 is 0 Å². The Bertz CT molecular complexity index is 287. The smallest absolute Gasteiger partial charge is 0.0233 e. The van der Waals surface area contributed by atoms with Crippen LogP contribution in [0.4, 0.5) is 0 Å². The van der Waals surface area contributed by atoms with Crippen molar-refractivity contribution in [2.45, 2.75) is 46.6 Å². The fraction of sp³-hybridized carbons (Fsp3) is 0.600. The summed E-state index contributed by atoms with van der Waals surface area (Å²) in [6.45, 7) is 9.88. The molecule has 0 N–H and O–H groups in total. The SMILES string of the molecule is CC.Cc1cccc(CN2CCCCC2)c1. The number of piperidine rings is 1. The summed E-state index contributed by atoms with van der Waals surface area (Å²) in [4.78, 5) is 2.57. The molecule has 0 unspecified atom stereocenters. The molecule has 0 amide bonds. The third kappa shape index (κ3) is 4.36. The minimum atomic E-state index is 1.14. The molecule has 1 heteroatoms. The van der Waals surface area contributed by atoms with Gasteiger partial charge in [0.25, 0.3) is 0 Å². The summed E-state index contributed by atoms with van der Waals surface area (Å²) in [7, 11) is 0. The zero-order valence-corrected chi connectivity index (χ0v) is 11.0. The number of benzene rings is 1. The Morgan fingerprint density at radius 3 is 2.38 bits per heavy atom. The van der Waals surface area contributed by atoms with E-state index in [1.807, 2.05) is 13.8 Å². The second-order valence-electron chi connectivity index (χ2n) is 4.33. The Labute approximate surface area is 100 Å².